The highest BCUT2D eigenvalue weighted by Crippen LogP contribution is 2.32. The fourth-order valence-corrected chi connectivity index (χ4v) is 2.67. The summed E-state index contributed by atoms with van der Waals surface area (Å²) in [4.78, 5) is 11.5. The van der Waals surface area contributed by atoms with Gasteiger partial charge in [0.05, 0.1) is 6.26 Å². The Morgan fingerprint density at radius 1 is 1.44 bits per heavy atom. The Hall–Kier alpha value is -1.76. The molecule has 0 spiro atoms. The fourth-order valence-electron chi connectivity index (χ4n) is 1.70. The van der Waals surface area contributed by atoms with Crippen molar-refractivity contribution in [1.29, 1.82) is 0 Å². The number of furan rings is 1. The van der Waals surface area contributed by atoms with E-state index < -0.39 is 0 Å². The van der Waals surface area contributed by atoms with Gasteiger partial charge in [0, 0.05) is 6.42 Å². The molecule has 3 rings (SSSR count). The number of thioether (sulfide) groups is 1. The van der Waals surface area contributed by atoms with Gasteiger partial charge in [-0.3, -0.25) is 4.79 Å². The molecule has 7 heteroatoms. The van der Waals surface area contributed by atoms with E-state index in [1.54, 1.807) is 12.1 Å². The summed E-state index contributed by atoms with van der Waals surface area (Å²) in [5.41, 5.74) is 0. The molecule has 0 N–H and O–H groups in total. The summed E-state index contributed by atoms with van der Waals surface area (Å²) in [7, 11) is 0. The van der Waals surface area contributed by atoms with Crippen molar-refractivity contribution < 1.29 is 18.4 Å². The molecule has 0 saturated carbocycles. The molecule has 1 aliphatic rings. The Morgan fingerprint density at radius 3 is 3.00 bits per heavy atom. The highest BCUT2D eigenvalue weighted by atomic mass is 32.2. The minimum Gasteiger partial charge on any atom is -0.462 e. The van der Waals surface area contributed by atoms with E-state index in [0.29, 0.717) is 23.3 Å². The largest absolute Gasteiger partial charge is 0.462 e. The van der Waals surface area contributed by atoms with Crippen molar-refractivity contribution in [3.63, 3.8) is 0 Å². The minimum absolute atomic E-state index is 0.0533. The van der Waals surface area contributed by atoms with E-state index in [4.69, 9.17) is 13.6 Å². The third-order valence-corrected chi connectivity index (χ3v) is 3.54. The fraction of sp³-hybridized carbons (Fsp3) is 0.364. The Kier molecular flexibility index (Phi) is 2.83. The number of nitrogens with zero attached hydrogens (tertiary/aromatic N) is 2. The highest BCUT2D eigenvalue weighted by molar-refractivity contribution is 8.00. The lowest BCUT2D eigenvalue weighted by atomic mass is 10.3. The van der Waals surface area contributed by atoms with Crippen LogP contribution in [0.5, 0.6) is 0 Å². The van der Waals surface area contributed by atoms with Crippen molar-refractivity contribution >= 4 is 17.7 Å². The van der Waals surface area contributed by atoms with E-state index in [1.165, 1.54) is 18.0 Å². The molecule has 1 fully saturated rings. The van der Waals surface area contributed by atoms with Gasteiger partial charge in [0.2, 0.25) is 0 Å². The second-order valence-corrected chi connectivity index (χ2v) is 5.09. The molecule has 0 bridgehead atoms. The van der Waals surface area contributed by atoms with Crippen LogP contribution in [0, 0.1) is 0 Å². The summed E-state index contributed by atoms with van der Waals surface area (Å²) < 4.78 is 15.6. The second-order valence-electron chi connectivity index (χ2n) is 3.94. The number of cyclic esters (lactones) is 1. The van der Waals surface area contributed by atoms with E-state index in [9.17, 15) is 4.79 Å². The van der Waals surface area contributed by atoms with Gasteiger partial charge >= 0.3 is 5.97 Å². The lowest BCUT2D eigenvalue weighted by Gasteiger charge is -1.98. The molecular formula is C11H10N2O4S. The van der Waals surface area contributed by atoms with Crippen molar-refractivity contribution in [3.05, 3.63) is 18.4 Å². The molecule has 0 unspecified atom stereocenters. The topological polar surface area (TPSA) is 78.4 Å². The third-order valence-electron chi connectivity index (χ3n) is 2.51. The van der Waals surface area contributed by atoms with E-state index in [0.717, 1.165) is 0 Å². The van der Waals surface area contributed by atoms with Crippen LogP contribution in [-0.4, -0.2) is 27.5 Å². The molecule has 2 aromatic heterocycles. The van der Waals surface area contributed by atoms with Crippen LogP contribution in [0.1, 0.15) is 13.3 Å². The van der Waals surface area contributed by atoms with Crippen LogP contribution in [0.2, 0.25) is 0 Å². The molecule has 0 amide bonds. The van der Waals surface area contributed by atoms with Gasteiger partial charge in [0.1, 0.15) is 11.4 Å². The first-order valence-corrected chi connectivity index (χ1v) is 6.35. The lowest BCUT2D eigenvalue weighted by Crippen LogP contribution is -2.09. The molecule has 94 valence electrons. The number of hydrogen-bond donors (Lipinski definition) is 0. The number of carbonyl (C=O) groups excluding carboxylic acids is 1. The monoisotopic (exact) mass is 266 g/mol. The lowest BCUT2D eigenvalue weighted by molar-refractivity contribution is -0.140. The third kappa shape index (κ3) is 2.13. The quantitative estimate of drug-likeness (QED) is 0.787. The molecule has 3 heterocycles. The highest BCUT2D eigenvalue weighted by Gasteiger charge is 2.34. The van der Waals surface area contributed by atoms with Crippen LogP contribution in [0.15, 0.2) is 32.5 Å². The van der Waals surface area contributed by atoms with Gasteiger partial charge in [0.25, 0.3) is 11.1 Å². The number of ether oxygens (including phenoxy) is 1. The van der Waals surface area contributed by atoms with E-state index >= 15 is 0 Å². The van der Waals surface area contributed by atoms with Gasteiger partial charge in [-0.15, -0.1) is 10.2 Å². The molecular weight excluding hydrogens is 256 g/mol. The molecule has 1 aliphatic heterocycles. The average Bonchev–Trinajstić information content (AvgIpc) is 3.02. The smallest absolute Gasteiger partial charge is 0.320 e. The standard InChI is InChI=1S/C11H10N2O4S/c1-6-5-8(10(14)16-6)18-11-13-12-9(17-11)7-3-2-4-15-7/h2-4,6,8H,5H2,1H3/t6-,8-/m1/s1. The van der Waals surface area contributed by atoms with Gasteiger partial charge < -0.3 is 13.6 Å². The van der Waals surface area contributed by atoms with Crippen molar-refractivity contribution in [2.75, 3.05) is 0 Å². The van der Waals surface area contributed by atoms with Crippen LogP contribution in [0.25, 0.3) is 11.7 Å². The Morgan fingerprint density at radius 2 is 2.33 bits per heavy atom. The zero-order valence-corrected chi connectivity index (χ0v) is 10.3. The zero-order valence-electron chi connectivity index (χ0n) is 9.53. The number of carbonyl (C=O) groups is 1. The van der Waals surface area contributed by atoms with Crippen LogP contribution < -0.4 is 0 Å². The number of rotatable bonds is 3. The molecule has 0 radical (unpaired) electrons. The SMILES string of the molecule is C[C@@H]1C[C@@H](Sc2nnc(-c3ccco3)o2)C(=O)O1. The van der Waals surface area contributed by atoms with Crippen molar-refractivity contribution in [2.24, 2.45) is 0 Å². The molecule has 0 aliphatic carbocycles. The van der Waals surface area contributed by atoms with Gasteiger partial charge in [-0.1, -0.05) is 0 Å². The maximum Gasteiger partial charge on any atom is 0.320 e. The predicted molar refractivity (Wildman–Crippen MR) is 61.8 cm³/mol. The van der Waals surface area contributed by atoms with Crippen LogP contribution in [0.3, 0.4) is 0 Å². The van der Waals surface area contributed by atoms with Gasteiger partial charge in [-0.05, 0) is 30.8 Å². The van der Waals surface area contributed by atoms with Gasteiger partial charge in [-0.2, -0.15) is 0 Å². The summed E-state index contributed by atoms with van der Waals surface area (Å²) >= 11 is 1.22. The van der Waals surface area contributed by atoms with Crippen LogP contribution >= 0.6 is 11.8 Å². The maximum atomic E-state index is 11.5. The maximum absolute atomic E-state index is 11.5. The summed E-state index contributed by atoms with van der Waals surface area (Å²) in [5.74, 6) is 0.587. The Labute approximate surface area is 107 Å². The number of aromatic nitrogens is 2. The predicted octanol–water partition coefficient (Wildman–Crippen LogP) is 2.13. The average molecular weight is 266 g/mol. The van der Waals surface area contributed by atoms with E-state index in [2.05, 4.69) is 10.2 Å². The van der Waals surface area contributed by atoms with E-state index in [-0.39, 0.29) is 17.3 Å². The first-order valence-electron chi connectivity index (χ1n) is 5.47. The van der Waals surface area contributed by atoms with Crippen molar-refractivity contribution in [2.45, 2.75) is 29.9 Å². The van der Waals surface area contributed by atoms with Gasteiger partial charge in [-0.25, -0.2) is 0 Å². The van der Waals surface area contributed by atoms with E-state index in [1.807, 2.05) is 6.92 Å². The molecule has 18 heavy (non-hydrogen) atoms. The number of esters is 1. The summed E-state index contributed by atoms with van der Waals surface area (Å²) in [6.07, 6.45) is 2.13. The first-order chi connectivity index (χ1) is 8.72. The van der Waals surface area contributed by atoms with Crippen LogP contribution in [0.4, 0.5) is 0 Å². The van der Waals surface area contributed by atoms with Crippen molar-refractivity contribution in [3.8, 4) is 11.7 Å². The molecule has 2 atom stereocenters. The zero-order chi connectivity index (χ0) is 12.5. The van der Waals surface area contributed by atoms with Crippen LogP contribution in [-0.2, 0) is 9.53 Å². The Bertz CT molecular complexity index is 551. The molecule has 6 nitrogen and oxygen atoms in total. The normalized spacial score (nSPS) is 23.3. The van der Waals surface area contributed by atoms with Crippen molar-refractivity contribution in [1.82, 2.24) is 10.2 Å². The number of hydrogen-bond acceptors (Lipinski definition) is 7. The first kappa shape index (κ1) is 11.3. The van der Waals surface area contributed by atoms with Gasteiger partial charge in [0.15, 0.2) is 5.76 Å². The molecule has 2 aromatic rings. The summed E-state index contributed by atoms with van der Waals surface area (Å²) in [6, 6.07) is 3.47. The summed E-state index contributed by atoms with van der Waals surface area (Å²) in [5, 5.41) is 7.81. The minimum atomic E-state index is -0.273. The molecule has 0 aromatic carbocycles. The summed E-state index contributed by atoms with van der Waals surface area (Å²) in [6.45, 7) is 1.86. The second kappa shape index (κ2) is 4.49. The Balaban J connectivity index is 1.73. The molecule has 1 saturated heterocycles.